The molecule has 0 saturated carbocycles. The molecule has 24 heavy (non-hydrogen) atoms. The second-order valence-corrected chi connectivity index (χ2v) is 6.57. The molecule has 2 aromatic rings. The van der Waals surface area contributed by atoms with E-state index in [2.05, 4.69) is 9.98 Å². The molecule has 0 fully saturated rings. The van der Waals surface area contributed by atoms with Crippen LogP contribution in [0.4, 0.5) is 5.69 Å². The van der Waals surface area contributed by atoms with Crippen molar-refractivity contribution in [3.63, 3.8) is 0 Å². The summed E-state index contributed by atoms with van der Waals surface area (Å²) in [6.07, 6.45) is 0. The van der Waals surface area contributed by atoms with Crippen LogP contribution < -0.4 is 21.9 Å². The van der Waals surface area contributed by atoms with Crippen LogP contribution in [0.3, 0.4) is 0 Å². The van der Waals surface area contributed by atoms with Crippen molar-refractivity contribution in [3.05, 3.63) is 54.6 Å². The highest BCUT2D eigenvalue weighted by Crippen LogP contribution is 2.25. The fraction of sp³-hybridized carbons (Fsp3) is 0.0667. The lowest BCUT2D eigenvalue weighted by atomic mass is 10.3. The molecule has 0 bridgehead atoms. The summed E-state index contributed by atoms with van der Waals surface area (Å²) < 4.78 is 30.3. The van der Waals surface area contributed by atoms with Crippen LogP contribution >= 0.6 is 0 Å². The zero-order valence-electron chi connectivity index (χ0n) is 12.7. The largest absolute Gasteiger partial charge is 0.477 e. The van der Waals surface area contributed by atoms with Gasteiger partial charge in [-0.15, -0.1) is 0 Å². The first kappa shape index (κ1) is 17.3. The maximum Gasteiger partial charge on any atom is 0.223 e. The standard InChI is InChI=1S/C15H17N5O3S/c16-14(17)20-15(18)19-12-8-4-5-9-13(12)24(21,22)10-23-11-6-2-1-3-7-11/h1-9H,10H2,(H6,16,17,18,19,20). The lowest BCUT2D eigenvalue weighted by Crippen LogP contribution is -2.26. The van der Waals surface area contributed by atoms with Gasteiger partial charge in [0.05, 0.1) is 10.6 Å². The van der Waals surface area contributed by atoms with Crippen LogP contribution in [0.5, 0.6) is 5.75 Å². The van der Waals surface area contributed by atoms with Gasteiger partial charge in [0, 0.05) is 0 Å². The van der Waals surface area contributed by atoms with Gasteiger partial charge in [-0.1, -0.05) is 30.3 Å². The number of hydrogen-bond donors (Lipinski definition) is 3. The second-order valence-electron chi connectivity index (χ2n) is 4.66. The van der Waals surface area contributed by atoms with Crippen molar-refractivity contribution >= 4 is 27.4 Å². The number of para-hydroxylation sites is 2. The van der Waals surface area contributed by atoms with Crippen LogP contribution in [-0.2, 0) is 9.84 Å². The Bertz CT molecular complexity index is 860. The number of ether oxygens (including phenoxy) is 1. The Hall–Kier alpha value is -3.07. The normalized spacial score (nSPS) is 11.8. The predicted octanol–water partition coefficient (Wildman–Crippen LogP) is 0.716. The molecule has 0 heterocycles. The van der Waals surface area contributed by atoms with Crippen molar-refractivity contribution in [1.82, 2.24) is 0 Å². The van der Waals surface area contributed by atoms with Gasteiger partial charge in [0.15, 0.2) is 11.9 Å². The Kier molecular flexibility index (Phi) is 5.38. The monoisotopic (exact) mass is 347 g/mol. The van der Waals surface area contributed by atoms with E-state index in [4.69, 9.17) is 21.9 Å². The van der Waals surface area contributed by atoms with Gasteiger partial charge in [-0.2, -0.15) is 4.99 Å². The molecule has 0 aliphatic heterocycles. The summed E-state index contributed by atoms with van der Waals surface area (Å²) in [5.74, 6) is -0.612. The van der Waals surface area contributed by atoms with Crippen molar-refractivity contribution in [2.75, 3.05) is 5.94 Å². The number of sulfone groups is 1. The summed E-state index contributed by atoms with van der Waals surface area (Å²) in [5, 5.41) is 0. The number of aliphatic imine (C=N–C) groups is 2. The summed E-state index contributed by atoms with van der Waals surface area (Å²) in [4.78, 5) is 7.46. The van der Waals surface area contributed by atoms with Crippen molar-refractivity contribution < 1.29 is 13.2 Å². The number of rotatable bonds is 5. The average Bonchev–Trinajstić information content (AvgIpc) is 2.53. The van der Waals surface area contributed by atoms with E-state index in [-0.39, 0.29) is 22.5 Å². The van der Waals surface area contributed by atoms with E-state index >= 15 is 0 Å². The van der Waals surface area contributed by atoms with Crippen LogP contribution in [0.15, 0.2) is 69.5 Å². The Labute approximate surface area is 139 Å². The smallest absolute Gasteiger partial charge is 0.223 e. The highest BCUT2D eigenvalue weighted by molar-refractivity contribution is 7.91. The van der Waals surface area contributed by atoms with E-state index in [1.54, 1.807) is 42.5 Å². The molecule has 0 spiro atoms. The number of nitrogens with two attached hydrogens (primary N) is 3. The highest BCUT2D eigenvalue weighted by Gasteiger charge is 2.19. The Morgan fingerprint density at radius 3 is 2.25 bits per heavy atom. The van der Waals surface area contributed by atoms with Gasteiger partial charge in [0.25, 0.3) is 0 Å². The maximum atomic E-state index is 12.5. The predicted molar refractivity (Wildman–Crippen MR) is 92.7 cm³/mol. The molecule has 0 aliphatic carbocycles. The Morgan fingerprint density at radius 1 is 0.958 bits per heavy atom. The van der Waals surface area contributed by atoms with E-state index in [0.29, 0.717) is 5.75 Å². The fourth-order valence-electron chi connectivity index (χ4n) is 1.82. The number of hydrogen-bond acceptors (Lipinski definition) is 4. The molecule has 9 heteroatoms. The topological polar surface area (TPSA) is 146 Å². The minimum Gasteiger partial charge on any atom is -0.477 e. The molecule has 8 nitrogen and oxygen atoms in total. The molecule has 0 aliphatic rings. The third-order valence-electron chi connectivity index (χ3n) is 2.80. The van der Waals surface area contributed by atoms with Crippen molar-refractivity contribution in [2.24, 2.45) is 27.2 Å². The van der Waals surface area contributed by atoms with Crippen molar-refractivity contribution in [3.8, 4) is 5.75 Å². The molecule has 0 aromatic heterocycles. The zero-order valence-corrected chi connectivity index (χ0v) is 13.5. The summed E-state index contributed by atoms with van der Waals surface area (Å²) in [6.45, 7) is 0. The molecular weight excluding hydrogens is 330 g/mol. The Balaban J connectivity index is 2.29. The van der Waals surface area contributed by atoms with Gasteiger partial charge in [-0.25, -0.2) is 13.4 Å². The third kappa shape index (κ3) is 4.71. The molecule has 2 rings (SSSR count). The van der Waals surface area contributed by atoms with Crippen LogP contribution in [0.1, 0.15) is 0 Å². The van der Waals surface area contributed by atoms with Crippen molar-refractivity contribution in [2.45, 2.75) is 4.90 Å². The summed E-state index contributed by atoms with van der Waals surface area (Å²) >= 11 is 0. The van der Waals surface area contributed by atoms with Crippen LogP contribution in [0.25, 0.3) is 0 Å². The summed E-state index contributed by atoms with van der Waals surface area (Å²) in [7, 11) is -3.76. The van der Waals surface area contributed by atoms with Gasteiger partial charge in [-0.05, 0) is 24.3 Å². The molecule has 0 unspecified atom stereocenters. The molecule has 0 radical (unpaired) electrons. The van der Waals surface area contributed by atoms with Crippen molar-refractivity contribution in [1.29, 1.82) is 0 Å². The molecule has 0 saturated heterocycles. The van der Waals surface area contributed by atoms with Crippen LogP contribution in [0, 0.1) is 0 Å². The van der Waals surface area contributed by atoms with Gasteiger partial charge in [0.1, 0.15) is 5.75 Å². The SMILES string of the molecule is NC(N)=NC(N)=Nc1ccccc1S(=O)(=O)COc1ccccc1. The third-order valence-corrected chi connectivity index (χ3v) is 4.25. The summed E-state index contributed by atoms with van der Waals surface area (Å²) in [5.41, 5.74) is 16.1. The first-order valence-electron chi connectivity index (χ1n) is 6.82. The molecule has 2 aromatic carbocycles. The maximum absolute atomic E-state index is 12.5. The number of guanidine groups is 2. The second kappa shape index (κ2) is 7.47. The molecular formula is C15H17N5O3S. The summed E-state index contributed by atoms with van der Waals surface area (Å²) in [6, 6.07) is 14.7. The Morgan fingerprint density at radius 2 is 1.58 bits per heavy atom. The fourth-order valence-corrected chi connectivity index (χ4v) is 2.96. The number of benzene rings is 2. The van der Waals surface area contributed by atoms with Gasteiger partial charge in [0.2, 0.25) is 15.8 Å². The first-order chi connectivity index (χ1) is 11.4. The molecule has 0 atom stereocenters. The molecule has 126 valence electrons. The van der Waals surface area contributed by atoms with E-state index in [9.17, 15) is 8.42 Å². The van der Waals surface area contributed by atoms with E-state index in [1.807, 2.05) is 0 Å². The van der Waals surface area contributed by atoms with Crippen LogP contribution in [-0.4, -0.2) is 26.3 Å². The van der Waals surface area contributed by atoms with E-state index < -0.39 is 15.8 Å². The quantitative estimate of drug-likeness (QED) is 0.536. The molecule has 0 amide bonds. The van der Waals surface area contributed by atoms with E-state index in [0.717, 1.165) is 0 Å². The highest BCUT2D eigenvalue weighted by atomic mass is 32.2. The van der Waals surface area contributed by atoms with Gasteiger partial charge >= 0.3 is 0 Å². The van der Waals surface area contributed by atoms with Crippen LogP contribution in [0.2, 0.25) is 0 Å². The lowest BCUT2D eigenvalue weighted by molar-refractivity contribution is 0.376. The minimum atomic E-state index is -3.76. The first-order valence-corrected chi connectivity index (χ1v) is 8.47. The average molecular weight is 347 g/mol. The van der Waals surface area contributed by atoms with E-state index in [1.165, 1.54) is 12.1 Å². The molecule has 6 N–H and O–H groups in total. The lowest BCUT2D eigenvalue weighted by Gasteiger charge is -2.09. The minimum absolute atomic E-state index is 0.0327. The van der Waals surface area contributed by atoms with Gasteiger partial charge < -0.3 is 21.9 Å². The number of nitrogens with zero attached hydrogens (tertiary/aromatic N) is 2. The van der Waals surface area contributed by atoms with Gasteiger partial charge in [-0.3, -0.25) is 0 Å². The zero-order chi connectivity index (χ0) is 17.6.